The Balaban J connectivity index is 1.61. The monoisotopic (exact) mass is 343 g/mol. The Hall–Kier alpha value is -0.330. The van der Waals surface area contributed by atoms with Gasteiger partial charge < -0.3 is 0 Å². The van der Waals surface area contributed by atoms with Crippen molar-refractivity contribution in [3.8, 4) is 0 Å². The molecule has 0 saturated carbocycles. The van der Waals surface area contributed by atoms with E-state index < -0.39 is 0 Å². The second-order valence-electron chi connectivity index (χ2n) is 6.21. The summed E-state index contributed by atoms with van der Waals surface area (Å²) in [4.78, 5) is 2.45. The molecule has 1 aromatic carbocycles. The van der Waals surface area contributed by atoms with E-state index in [-0.39, 0.29) is 5.82 Å². The summed E-state index contributed by atoms with van der Waals surface area (Å²) in [6, 6.07) is 5.83. The van der Waals surface area contributed by atoms with Crippen molar-refractivity contribution in [3.05, 3.63) is 34.6 Å². The van der Waals surface area contributed by atoms with Gasteiger partial charge in [0.05, 0.1) is 0 Å². The van der Waals surface area contributed by atoms with Crippen LogP contribution in [0.1, 0.15) is 18.4 Å². The summed E-state index contributed by atoms with van der Waals surface area (Å²) in [5.74, 6) is 1.56. The fourth-order valence-electron chi connectivity index (χ4n) is 3.53. The Labute approximate surface area is 140 Å². The van der Waals surface area contributed by atoms with Gasteiger partial charge in [0.2, 0.25) is 0 Å². The third-order valence-corrected chi connectivity index (χ3v) is 5.75. The van der Waals surface area contributed by atoms with Crippen LogP contribution in [0.25, 0.3) is 0 Å². The lowest BCUT2D eigenvalue weighted by Crippen LogP contribution is -2.46. The minimum Gasteiger partial charge on any atom is -0.299 e. The zero-order valence-electron chi connectivity index (χ0n) is 12.8. The van der Waals surface area contributed by atoms with Crippen molar-refractivity contribution in [2.75, 3.05) is 25.1 Å². The Morgan fingerprint density at radius 1 is 1.41 bits per heavy atom. The highest BCUT2D eigenvalue weighted by Gasteiger charge is 2.39. The van der Waals surface area contributed by atoms with Crippen LogP contribution in [0, 0.1) is 11.7 Å². The first-order chi connectivity index (χ1) is 10.7. The first kappa shape index (κ1) is 16.5. The van der Waals surface area contributed by atoms with Crippen molar-refractivity contribution >= 4 is 23.4 Å². The third kappa shape index (κ3) is 3.77. The first-order valence-electron chi connectivity index (χ1n) is 7.83. The lowest BCUT2D eigenvalue weighted by Gasteiger charge is -2.36. The molecular formula is C16H23ClFN3S. The van der Waals surface area contributed by atoms with Crippen LogP contribution in [-0.4, -0.2) is 42.1 Å². The van der Waals surface area contributed by atoms with E-state index in [1.165, 1.54) is 24.3 Å². The molecule has 2 aliphatic rings. The van der Waals surface area contributed by atoms with E-state index in [1.54, 1.807) is 6.07 Å². The van der Waals surface area contributed by atoms with Crippen molar-refractivity contribution in [2.24, 2.45) is 5.92 Å². The number of halogens is 2. The number of piperidine rings is 1. The van der Waals surface area contributed by atoms with Crippen LogP contribution < -0.4 is 10.9 Å². The molecule has 0 bridgehead atoms. The fraction of sp³-hybridized carbons (Fsp3) is 0.625. The number of rotatable bonds is 5. The SMILES string of the molecule is CSCCC1NNC2CCN(Cc3ccc(F)cc3Cl)CC12. The lowest BCUT2D eigenvalue weighted by atomic mass is 9.87. The van der Waals surface area contributed by atoms with Crippen molar-refractivity contribution in [1.82, 2.24) is 15.8 Å². The zero-order valence-corrected chi connectivity index (χ0v) is 14.4. The summed E-state index contributed by atoms with van der Waals surface area (Å²) in [5, 5.41) is 0.531. The molecule has 3 atom stereocenters. The minimum absolute atomic E-state index is 0.270. The predicted molar refractivity (Wildman–Crippen MR) is 91.6 cm³/mol. The average molecular weight is 344 g/mol. The van der Waals surface area contributed by atoms with Gasteiger partial charge in [-0.3, -0.25) is 15.8 Å². The maximum Gasteiger partial charge on any atom is 0.124 e. The number of likely N-dealkylation sites (tertiary alicyclic amines) is 1. The number of fused-ring (bicyclic) bond motifs is 1. The van der Waals surface area contributed by atoms with Gasteiger partial charge in [-0.1, -0.05) is 17.7 Å². The van der Waals surface area contributed by atoms with Crippen LogP contribution in [0.3, 0.4) is 0 Å². The summed E-state index contributed by atoms with van der Waals surface area (Å²) in [6.07, 6.45) is 4.50. The number of benzene rings is 1. The van der Waals surface area contributed by atoms with E-state index in [0.717, 1.165) is 31.6 Å². The molecule has 1 aromatic rings. The van der Waals surface area contributed by atoms with Gasteiger partial charge in [-0.2, -0.15) is 11.8 Å². The van der Waals surface area contributed by atoms with Crippen LogP contribution in [0.2, 0.25) is 5.02 Å². The summed E-state index contributed by atoms with van der Waals surface area (Å²) in [5.41, 5.74) is 7.95. The van der Waals surface area contributed by atoms with E-state index in [9.17, 15) is 4.39 Å². The maximum absolute atomic E-state index is 13.2. The maximum atomic E-state index is 13.2. The normalized spacial score (nSPS) is 28.8. The van der Waals surface area contributed by atoms with Gasteiger partial charge in [0.1, 0.15) is 5.82 Å². The van der Waals surface area contributed by atoms with Gasteiger partial charge in [0.15, 0.2) is 0 Å². The molecule has 122 valence electrons. The Morgan fingerprint density at radius 2 is 2.27 bits per heavy atom. The molecule has 2 heterocycles. The van der Waals surface area contributed by atoms with E-state index in [2.05, 4.69) is 22.0 Å². The van der Waals surface area contributed by atoms with Crippen molar-refractivity contribution in [3.63, 3.8) is 0 Å². The van der Waals surface area contributed by atoms with Gasteiger partial charge in [-0.15, -0.1) is 0 Å². The number of nitrogens with zero attached hydrogens (tertiary/aromatic N) is 1. The number of hydrogen-bond acceptors (Lipinski definition) is 4. The quantitative estimate of drug-likeness (QED) is 0.859. The lowest BCUT2D eigenvalue weighted by molar-refractivity contribution is 0.147. The number of thioether (sulfide) groups is 1. The molecule has 6 heteroatoms. The molecule has 0 aliphatic carbocycles. The molecule has 0 amide bonds. The van der Waals surface area contributed by atoms with Crippen LogP contribution in [-0.2, 0) is 6.54 Å². The van der Waals surface area contributed by atoms with Crippen molar-refractivity contribution < 1.29 is 4.39 Å². The zero-order chi connectivity index (χ0) is 15.5. The first-order valence-corrected chi connectivity index (χ1v) is 9.61. The number of hydrogen-bond donors (Lipinski definition) is 2. The molecule has 2 fully saturated rings. The van der Waals surface area contributed by atoms with E-state index in [0.29, 0.717) is 23.0 Å². The van der Waals surface area contributed by atoms with Gasteiger partial charge >= 0.3 is 0 Å². The summed E-state index contributed by atoms with van der Waals surface area (Å²) in [7, 11) is 0. The van der Waals surface area contributed by atoms with E-state index in [4.69, 9.17) is 11.6 Å². The van der Waals surface area contributed by atoms with Crippen molar-refractivity contribution in [2.45, 2.75) is 31.5 Å². The van der Waals surface area contributed by atoms with E-state index >= 15 is 0 Å². The molecule has 3 unspecified atom stereocenters. The largest absolute Gasteiger partial charge is 0.299 e. The Kier molecular flexibility index (Phi) is 5.63. The predicted octanol–water partition coefficient (Wildman–Crippen LogP) is 2.90. The molecule has 22 heavy (non-hydrogen) atoms. The van der Waals surface area contributed by atoms with Crippen LogP contribution in [0.15, 0.2) is 18.2 Å². The van der Waals surface area contributed by atoms with Crippen molar-refractivity contribution in [1.29, 1.82) is 0 Å². The summed E-state index contributed by atoms with van der Waals surface area (Å²) < 4.78 is 13.2. The van der Waals surface area contributed by atoms with Gasteiger partial charge in [-0.25, -0.2) is 4.39 Å². The second-order valence-corrected chi connectivity index (χ2v) is 7.60. The number of nitrogens with one attached hydrogen (secondary N) is 2. The van der Waals surface area contributed by atoms with Crippen LogP contribution >= 0.6 is 23.4 Å². The van der Waals surface area contributed by atoms with Crippen LogP contribution in [0.5, 0.6) is 0 Å². The fourth-order valence-corrected chi connectivity index (χ4v) is 4.24. The summed E-state index contributed by atoms with van der Waals surface area (Å²) >= 11 is 8.06. The second kappa shape index (κ2) is 7.49. The highest BCUT2D eigenvalue weighted by molar-refractivity contribution is 7.98. The molecule has 3 nitrogen and oxygen atoms in total. The standard InChI is InChI=1S/C16H23ClFN3S/c1-22-7-5-16-13-10-21(6-4-15(13)19-20-16)9-11-2-3-12(18)8-14(11)17/h2-3,8,13,15-16,19-20H,4-7,9-10H2,1H3. The van der Waals surface area contributed by atoms with Gasteiger partial charge in [-0.05, 0) is 42.5 Å². The highest BCUT2D eigenvalue weighted by Crippen LogP contribution is 2.28. The van der Waals surface area contributed by atoms with Crippen LogP contribution in [0.4, 0.5) is 4.39 Å². The number of hydrazine groups is 1. The van der Waals surface area contributed by atoms with Gasteiger partial charge in [0, 0.05) is 42.7 Å². The van der Waals surface area contributed by atoms with E-state index in [1.807, 2.05) is 11.8 Å². The Morgan fingerprint density at radius 3 is 3.05 bits per heavy atom. The molecular weight excluding hydrogens is 321 g/mol. The molecule has 0 aromatic heterocycles. The van der Waals surface area contributed by atoms with Gasteiger partial charge in [0.25, 0.3) is 0 Å². The average Bonchev–Trinajstić information content (AvgIpc) is 2.90. The minimum atomic E-state index is -0.270. The summed E-state index contributed by atoms with van der Waals surface area (Å²) in [6.45, 7) is 2.92. The Bertz CT molecular complexity index is 516. The highest BCUT2D eigenvalue weighted by atomic mass is 35.5. The molecule has 3 rings (SSSR count). The molecule has 0 radical (unpaired) electrons. The topological polar surface area (TPSA) is 27.3 Å². The molecule has 0 spiro atoms. The smallest absolute Gasteiger partial charge is 0.124 e. The molecule has 2 aliphatic heterocycles. The third-order valence-electron chi connectivity index (χ3n) is 4.76. The molecule has 2 saturated heterocycles. The molecule has 2 N–H and O–H groups in total.